The summed E-state index contributed by atoms with van der Waals surface area (Å²) >= 11 is 7.04. The third kappa shape index (κ3) is 2.67. The summed E-state index contributed by atoms with van der Waals surface area (Å²) in [5.41, 5.74) is 9.63. The van der Waals surface area contributed by atoms with Crippen LogP contribution in [0.4, 0.5) is 17.2 Å². The molecule has 3 N–H and O–H groups in total. The fraction of sp³-hybridized carbons (Fsp3) is 0.154. The number of nitrogen functional groups attached to an aromatic ring is 1. The molecule has 0 fully saturated rings. The van der Waals surface area contributed by atoms with Gasteiger partial charge in [0.05, 0.1) is 22.0 Å². The number of rotatable bonds is 2. The molecule has 2 rings (SSSR count). The number of nitrogens with one attached hydrogen (secondary N) is 1. The van der Waals surface area contributed by atoms with Crippen LogP contribution in [0.15, 0.2) is 33.3 Å². The molecular weight excluding hydrogens is 358 g/mol. The maximum atomic E-state index is 5.80. The van der Waals surface area contributed by atoms with Crippen LogP contribution in [0, 0.1) is 13.8 Å². The van der Waals surface area contributed by atoms with Gasteiger partial charge >= 0.3 is 0 Å². The summed E-state index contributed by atoms with van der Waals surface area (Å²) in [6.45, 7) is 4.01. The molecule has 0 amide bonds. The van der Waals surface area contributed by atoms with E-state index in [0.29, 0.717) is 5.69 Å². The van der Waals surface area contributed by atoms with E-state index in [1.54, 1.807) is 6.20 Å². The van der Waals surface area contributed by atoms with Gasteiger partial charge in [-0.25, -0.2) is 4.98 Å². The van der Waals surface area contributed by atoms with Crippen LogP contribution >= 0.6 is 31.9 Å². The molecule has 18 heavy (non-hydrogen) atoms. The molecule has 0 saturated heterocycles. The van der Waals surface area contributed by atoms with Crippen LogP contribution in [0.1, 0.15) is 11.1 Å². The monoisotopic (exact) mass is 369 g/mol. The van der Waals surface area contributed by atoms with Gasteiger partial charge in [-0.3, -0.25) is 0 Å². The van der Waals surface area contributed by atoms with E-state index in [9.17, 15) is 0 Å². The standard InChI is InChI=1S/C13H13Br2N3/c1-7-3-4-11(9(14)5-7)18-13-12(15)8(2)10(16)6-17-13/h3-6H,16H2,1-2H3,(H,17,18). The number of halogens is 2. The predicted molar refractivity (Wildman–Crippen MR) is 83.2 cm³/mol. The maximum Gasteiger partial charge on any atom is 0.145 e. The predicted octanol–water partition coefficient (Wildman–Crippen LogP) is 4.55. The Morgan fingerprint density at radius 1 is 1.22 bits per heavy atom. The van der Waals surface area contributed by atoms with E-state index >= 15 is 0 Å². The quantitative estimate of drug-likeness (QED) is 0.815. The number of aromatic nitrogens is 1. The highest BCUT2D eigenvalue weighted by atomic mass is 79.9. The minimum absolute atomic E-state index is 0.676. The molecule has 5 heteroatoms. The second kappa shape index (κ2) is 5.28. The Morgan fingerprint density at radius 2 is 1.94 bits per heavy atom. The summed E-state index contributed by atoms with van der Waals surface area (Å²) in [7, 11) is 0. The second-order valence-electron chi connectivity index (χ2n) is 4.11. The molecule has 2 aromatic rings. The molecule has 0 radical (unpaired) electrons. The van der Waals surface area contributed by atoms with Crippen molar-refractivity contribution in [2.24, 2.45) is 0 Å². The fourth-order valence-electron chi connectivity index (χ4n) is 1.53. The minimum Gasteiger partial charge on any atom is -0.397 e. The Kier molecular flexibility index (Phi) is 3.92. The number of hydrogen-bond acceptors (Lipinski definition) is 3. The van der Waals surface area contributed by atoms with Crippen molar-refractivity contribution in [3.8, 4) is 0 Å². The average molecular weight is 371 g/mol. The Morgan fingerprint density at radius 3 is 2.61 bits per heavy atom. The lowest BCUT2D eigenvalue weighted by molar-refractivity contribution is 1.25. The van der Waals surface area contributed by atoms with E-state index in [2.05, 4.69) is 55.2 Å². The smallest absolute Gasteiger partial charge is 0.145 e. The first kappa shape index (κ1) is 13.4. The lowest BCUT2D eigenvalue weighted by Gasteiger charge is -2.12. The number of nitrogens with two attached hydrogens (primary N) is 1. The van der Waals surface area contributed by atoms with Crippen LogP contribution in [-0.4, -0.2) is 4.98 Å². The molecule has 0 bridgehead atoms. The van der Waals surface area contributed by atoms with Gasteiger partial charge in [0.15, 0.2) is 0 Å². The molecule has 0 aliphatic heterocycles. The van der Waals surface area contributed by atoms with E-state index in [1.165, 1.54) is 5.56 Å². The topological polar surface area (TPSA) is 50.9 Å². The molecule has 0 spiro atoms. The number of nitrogens with zero attached hydrogens (tertiary/aromatic N) is 1. The van der Waals surface area contributed by atoms with E-state index in [-0.39, 0.29) is 0 Å². The van der Waals surface area contributed by atoms with Crippen LogP contribution in [0.25, 0.3) is 0 Å². The number of benzene rings is 1. The van der Waals surface area contributed by atoms with E-state index < -0.39 is 0 Å². The summed E-state index contributed by atoms with van der Waals surface area (Å²) in [5.74, 6) is 0.756. The molecule has 1 aromatic heterocycles. The van der Waals surface area contributed by atoms with Crippen molar-refractivity contribution in [3.63, 3.8) is 0 Å². The largest absolute Gasteiger partial charge is 0.397 e. The van der Waals surface area contributed by atoms with Gasteiger partial charge in [0.25, 0.3) is 0 Å². The van der Waals surface area contributed by atoms with Crippen molar-refractivity contribution >= 4 is 49.1 Å². The fourth-order valence-corrected chi connectivity index (χ4v) is 2.55. The van der Waals surface area contributed by atoms with Crippen LogP contribution in [0.3, 0.4) is 0 Å². The molecule has 1 aromatic carbocycles. The highest BCUT2D eigenvalue weighted by Gasteiger charge is 2.09. The van der Waals surface area contributed by atoms with Gasteiger partial charge < -0.3 is 11.1 Å². The lowest BCUT2D eigenvalue weighted by atomic mass is 10.2. The Labute approximate surface area is 123 Å². The summed E-state index contributed by atoms with van der Waals surface area (Å²) in [6.07, 6.45) is 1.66. The minimum atomic E-state index is 0.676. The van der Waals surface area contributed by atoms with Gasteiger partial charge in [-0.15, -0.1) is 0 Å². The van der Waals surface area contributed by atoms with Crippen molar-refractivity contribution in [2.75, 3.05) is 11.1 Å². The second-order valence-corrected chi connectivity index (χ2v) is 5.76. The average Bonchev–Trinajstić information content (AvgIpc) is 2.33. The first-order valence-electron chi connectivity index (χ1n) is 5.43. The number of aryl methyl sites for hydroxylation is 1. The molecule has 3 nitrogen and oxygen atoms in total. The summed E-state index contributed by atoms with van der Waals surface area (Å²) in [5, 5.41) is 3.28. The van der Waals surface area contributed by atoms with Gasteiger partial charge in [0.2, 0.25) is 0 Å². The summed E-state index contributed by atoms with van der Waals surface area (Å²) < 4.78 is 1.89. The maximum absolute atomic E-state index is 5.80. The Bertz CT molecular complexity index is 597. The van der Waals surface area contributed by atoms with Crippen LogP contribution in [0.2, 0.25) is 0 Å². The molecule has 0 unspecified atom stereocenters. The molecule has 94 valence electrons. The number of anilines is 3. The number of hydrogen-bond donors (Lipinski definition) is 2. The normalized spacial score (nSPS) is 10.4. The lowest BCUT2D eigenvalue weighted by Crippen LogP contribution is -2.00. The van der Waals surface area contributed by atoms with Crippen molar-refractivity contribution in [1.29, 1.82) is 0 Å². The number of pyridine rings is 1. The first-order chi connectivity index (χ1) is 8.49. The molecular formula is C13H13Br2N3. The molecule has 0 saturated carbocycles. The van der Waals surface area contributed by atoms with Gasteiger partial charge in [-0.05, 0) is 69.0 Å². The van der Waals surface area contributed by atoms with Crippen molar-refractivity contribution in [3.05, 3.63) is 44.5 Å². The Hall–Kier alpha value is -1.07. The highest BCUT2D eigenvalue weighted by Crippen LogP contribution is 2.32. The van der Waals surface area contributed by atoms with Crippen LogP contribution in [0.5, 0.6) is 0 Å². The van der Waals surface area contributed by atoms with Gasteiger partial charge in [0, 0.05) is 4.47 Å². The Balaban J connectivity index is 2.37. The van der Waals surface area contributed by atoms with Crippen LogP contribution < -0.4 is 11.1 Å². The third-order valence-corrected chi connectivity index (χ3v) is 4.31. The van der Waals surface area contributed by atoms with Crippen molar-refractivity contribution < 1.29 is 0 Å². The molecule has 0 atom stereocenters. The third-order valence-electron chi connectivity index (χ3n) is 2.68. The SMILES string of the molecule is Cc1ccc(Nc2ncc(N)c(C)c2Br)c(Br)c1. The molecule has 0 aliphatic carbocycles. The zero-order chi connectivity index (χ0) is 13.3. The zero-order valence-electron chi connectivity index (χ0n) is 10.1. The van der Waals surface area contributed by atoms with E-state index in [0.717, 1.165) is 26.0 Å². The summed E-state index contributed by atoms with van der Waals surface area (Å²) in [6, 6.07) is 6.12. The van der Waals surface area contributed by atoms with Crippen molar-refractivity contribution in [1.82, 2.24) is 4.98 Å². The van der Waals surface area contributed by atoms with Crippen molar-refractivity contribution in [2.45, 2.75) is 13.8 Å². The zero-order valence-corrected chi connectivity index (χ0v) is 13.3. The van der Waals surface area contributed by atoms with Gasteiger partial charge in [0.1, 0.15) is 5.82 Å². The first-order valence-corrected chi connectivity index (χ1v) is 7.01. The van der Waals surface area contributed by atoms with Gasteiger partial charge in [-0.2, -0.15) is 0 Å². The summed E-state index contributed by atoms with van der Waals surface area (Å²) in [4.78, 5) is 4.29. The highest BCUT2D eigenvalue weighted by molar-refractivity contribution is 9.11. The molecule has 1 heterocycles. The molecule has 0 aliphatic rings. The van der Waals surface area contributed by atoms with E-state index in [4.69, 9.17) is 5.73 Å². The van der Waals surface area contributed by atoms with E-state index in [1.807, 2.05) is 19.1 Å². The van der Waals surface area contributed by atoms with Gasteiger partial charge in [-0.1, -0.05) is 6.07 Å². The van der Waals surface area contributed by atoms with Crippen LogP contribution in [-0.2, 0) is 0 Å².